The summed E-state index contributed by atoms with van der Waals surface area (Å²) in [5.41, 5.74) is 0.455. The van der Waals surface area contributed by atoms with Crippen molar-refractivity contribution in [3.63, 3.8) is 0 Å². The van der Waals surface area contributed by atoms with Crippen LogP contribution in [0.15, 0.2) is 47.1 Å². The standard InChI is InChI=1S/C25H31N3O5/c1-32-20-8-5-7-19(17-20)23(29)26-22(25(31)27-12-3-2-4-13-27)18-10-14-28(15-11-18)24(30)21-9-6-16-33-21/h5-9,16-18,22H,2-4,10-15H2,1H3,(H,26,29)/t22-/m1/s1. The van der Waals surface area contributed by atoms with Crippen LogP contribution in [0.2, 0.25) is 0 Å². The van der Waals surface area contributed by atoms with Gasteiger partial charge < -0.3 is 24.3 Å². The normalized spacial score (nSPS) is 18.0. The molecule has 1 atom stereocenters. The number of furan rings is 1. The molecule has 8 nitrogen and oxygen atoms in total. The highest BCUT2D eigenvalue weighted by Crippen LogP contribution is 2.25. The molecule has 0 bridgehead atoms. The number of nitrogens with one attached hydrogen (secondary N) is 1. The lowest BCUT2D eigenvalue weighted by molar-refractivity contribution is -0.136. The average Bonchev–Trinajstić information content (AvgIpc) is 3.42. The van der Waals surface area contributed by atoms with Gasteiger partial charge in [0.1, 0.15) is 11.8 Å². The Hall–Kier alpha value is -3.29. The number of ether oxygens (including phenoxy) is 1. The van der Waals surface area contributed by atoms with E-state index < -0.39 is 6.04 Å². The van der Waals surface area contributed by atoms with Crippen LogP contribution < -0.4 is 10.1 Å². The molecule has 2 fully saturated rings. The van der Waals surface area contributed by atoms with Crippen molar-refractivity contribution in [2.24, 2.45) is 5.92 Å². The zero-order valence-corrected chi connectivity index (χ0v) is 19.0. The number of nitrogens with zero attached hydrogens (tertiary/aromatic N) is 2. The zero-order valence-electron chi connectivity index (χ0n) is 19.0. The Balaban J connectivity index is 1.47. The second-order valence-corrected chi connectivity index (χ2v) is 8.68. The minimum atomic E-state index is -0.623. The molecule has 3 heterocycles. The van der Waals surface area contributed by atoms with Crippen LogP contribution in [0.5, 0.6) is 5.75 Å². The van der Waals surface area contributed by atoms with Gasteiger partial charge in [0.05, 0.1) is 13.4 Å². The number of rotatable bonds is 6. The maximum Gasteiger partial charge on any atom is 0.289 e. The fourth-order valence-electron chi connectivity index (χ4n) is 4.67. The lowest BCUT2D eigenvalue weighted by atomic mass is 9.87. The van der Waals surface area contributed by atoms with Gasteiger partial charge in [-0.1, -0.05) is 6.07 Å². The van der Waals surface area contributed by atoms with E-state index in [2.05, 4.69) is 5.32 Å². The number of carbonyl (C=O) groups excluding carboxylic acids is 3. The first-order valence-electron chi connectivity index (χ1n) is 11.6. The SMILES string of the molecule is COc1cccc(C(=O)N[C@@H](C(=O)N2CCCCC2)C2CCN(C(=O)c3ccco3)CC2)c1. The summed E-state index contributed by atoms with van der Waals surface area (Å²) in [6.45, 7) is 2.48. The van der Waals surface area contributed by atoms with Gasteiger partial charge in [0.2, 0.25) is 5.91 Å². The molecule has 33 heavy (non-hydrogen) atoms. The minimum Gasteiger partial charge on any atom is -0.497 e. The maximum atomic E-state index is 13.5. The third-order valence-electron chi connectivity index (χ3n) is 6.58. The number of hydrogen-bond donors (Lipinski definition) is 1. The first-order chi connectivity index (χ1) is 16.1. The summed E-state index contributed by atoms with van der Waals surface area (Å²) in [6, 6.07) is 9.65. The lowest BCUT2D eigenvalue weighted by Crippen LogP contribution is -2.55. The van der Waals surface area contributed by atoms with E-state index in [4.69, 9.17) is 9.15 Å². The lowest BCUT2D eigenvalue weighted by Gasteiger charge is -2.38. The first-order valence-corrected chi connectivity index (χ1v) is 11.6. The van der Waals surface area contributed by atoms with Crippen LogP contribution in [0.3, 0.4) is 0 Å². The topological polar surface area (TPSA) is 92.1 Å². The van der Waals surface area contributed by atoms with Crippen LogP contribution in [0.25, 0.3) is 0 Å². The molecule has 4 rings (SSSR count). The summed E-state index contributed by atoms with van der Waals surface area (Å²) < 4.78 is 10.5. The summed E-state index contributed by atoms with van der Waals surface area (Å²) in [6.07, 6.45) is 5.85. The number of hydrogen-bond acceptors (Lipinski definition) is 5. The highest BCUT2D eigenvalue weighted by atomic mass is 16.5. The maximum absolute atomic E-state index is 13.5. The number of likely N-dealkylation sites (tertiary alicyclic amines) is 2. The fraction of sp³-hybridized carbons (Fsp3) is 0.480. The zero-order chi connectivity index (χ0) is 23.2. The molecule has 8 heteroatoms. The third kappa shape index (κ3) is 5.38. The average molecular weight is 454 g/mol. The summed E-state index contributed by atoms with van der Waals surface area (Å²) in [7, 11) is 1.55. The van der Waals surface area contributed by atoms with Crippen molar-refractivity contribution in [1.82, 2.24) is 15.1 Å². The monoisotopic (exact) mass is 453 g/mol. The van der Waals surface area contributed by atoms with E-state index >= 15 is 0 Å². The second-order valence-electron chi connectivity index (χ2n) is 8.68. The van der Waals surface area contributed by atoms with Crippen molar-refractivity contribution in [2.45, 2.75) is 38.1 Å². The largest absolute Gasteiger partial charge is 0.497 e. The highest BCUT2D eigenvalue weighted by molar-refractivity contribution is 5.98. The van der Waals surface area contributed by atoms with Crippen molar-refractivity contribution in [2.75, 3.05) is 33.3 Å². The van der Waals surface area contributed by atoms with E-state index in [-0.39, 0.29) is 23.6 Å². The Labute approximate surface area is 193 Å². The molecule has 2 aliphatic heterocycles. The first kappa shape index (κ1) is 22.9. The van der Waals surface area contributed by atoms with Crippen LogP contribution in [-0.2, 0) is 4.79 Å². The summed E-state index contributed by atoms with van der Waals surface area (Å²) in [4.78, 5) is 42.8. The van der Waals surface area contributed by atoms with E-state index in [1.807, 2.05) is 4.90 Å². The molecule has 2 saturated heterocycles. The Kier molecular flexibility index (Phi) is 7.32. The molecule has 2 aliphatic rings. The van der Waals surface area contributed by atoms with Crippen LogP contribution in [0, 0.1) is 5.92 Å². The predicted octanol–water partition coefficient (Wildman–Crippen LogP) is 2.95. The molecule has 1 aromatic carbocycles. The van der Waals surface area contributed by atoms with Crippen LogP contribution >= 0.6 is 0 Å². The second kappa shape index (κ2) is 10.6. The van der Waals surface area contributed by atoms with Gasteiger partial charge in [0.15, 0.2) is 5.76 Å². The Morgan fingerprint density at radius 3 is 2.42 bits per heavy atom. The van der Waals surface area contributed by atoms with Crippen molar-refractivity contribution in [3.8, 4) is 5.75 Å². The molecule has 1 N–H and O–H groups in total. The molecular formula is C25H31N3O5. The van der Waals surface area contributed by atoms with E-state index in [1.54, 1.807) is 48.4 Å². The van der Waals surface area contributed by atoms with Gasteiger partial charge in [-0.3, -0.25) is 14.4 Å². The number of carbonyl (C=O) groups is 3. The van der Waals surface area contributed by atoms with Gasteiger partial charge in [-0.15, -0.1) is 0 Å². The Morgan fingerprint density at radius 1 is 1.00 bits per heavy atom. The van der Waals surface area contributed by atoms with Crippen LogP contribution in [0.4, 0.5) is 0 Å². The molecule has 2 aromatic rings. The van der Waals surface area contributed by atoms with Crippen molar-refractivity contribution in [3.05, 3.63) is 54.0 Å². The Morgan fingerprint density at radius 2 is 1.76 bits per heavy atom. The number of amides is 3. The van der Waals surface area contributed by atoms with E-state index in [0.717, 1.165) is 32.4 Å². The molecular weight excluding hydrogens is 422 g/mol. The predicted molar refractivity (Wildman–Crippen MR) is 122 cm³/mol. The van der Waals surface area contributed by atoms with Crippen LogP contribution in [0.1, 0.15) is 53.0 Å². The van der Waals surface area contributed by atoms with Crippen LogP contribution in [-0.4, -0.2) is 66.9 Å². The van der Waals surface area contributed by atoms with E-state index in [0.29, 0.717) is 43.0 Å². The molecule has 1 aromatic heterocycles. The van der Waals surface area contributed by atoms with Crippen molar-refractivity contribution < 1.29 is 23.5 Å². The van der Waals surface area contributed by atoms with Crippen molar-refractivity contribution in [1.29, 1.82) is 0 Å². The third-order valence-corrected chi connectivity index (χ3v) is 6.58. The fourth-order valence-corrected chi connectivity index (χ4v) is 4.67. The van der Waals surface area contributed by atoms with E-state index in [9.17, 15) is 14.4 Å². The van der Waals surface area contributed by atoms with E-state index in [1.165, 1.54) is 6.26 Å². The van der Waals surface area contributed by atoms with Gasteiger partial charge in [-0.2, -0.15) is 0 Å². The van der Waals surface area contributed by atoms with Gasteiger partial charge in [-0.05, 0) is 68.4 Å². The Bertz CT molecular complexity index is 960. The van der Waals surface area contributed by atoms with Gasteiger partial charge in [0.25, 0.3) is 11.8 Å². The summed E-state index contributed by atoms with van der Waals surface area (Å²) in [5.74, 6) is 0.402. The number of methoxy groups -OCH3 is 1. The quantitative estimate of drug-likeness (QED) is 0.726. The molecule has 0 saturated carbocycles. The van der Waals surface area contributed by atoms with Gasteiger partial charge in [-0.25, -0.2) is 0 Å². The molecule has 176 valence electrons. The smallest absolute Gasteiger partial charge is 0.289 e. The molecule has 0 unspecified atom stereocenters. The molecule has 0 aliphatic carbocycles. The van der Waals surface area contributed by atoms with Gasteiger partial charge >= 0.3 is 0 Å². The number of piperidine rings is 2. The molecule has 0 radical (unpaired) electrons. The van der Waals surface area contributed by atoms with Gasteiger partial charge in [0, 0.05) is 31.7 Å². The summed E-state index contributed by atoms with van der Waals surface area (Å²) >= 11 is 0. The molecule has 0 spiro atoms. The summed E-state index contributed by atoms with van der Waals surface area (Å²) in [5, 5.41) is 3.02. The molecule has 3 amide bonds. The minimum absolute atomic E-state index is 0.0262. The highest BCUT2D eigenvalue weighted by Gasteiger charge is 2.37. The van der Waals surface area contributed by atoms with Crippen molar-refractivity contribution >= 4 is 17.7 Å². The number of benzene rings is 1.